The fraction of sp³-hybridized carbons (Fsp3) is 0.333. The molecule has 0 unspecified atom stereocenters. The van der Waals surface area contributed by atoms with Gasteiger partial charge < -0.3 is 9.47 Å². The molecule has 4 rings (SSSR count). The van der Waals surface area contributed by atoms with Gasteiger partial charge in [-0.05, 0) is 61.3 Å². The van der Waals surface area contributed by atoms with Gasteiger partial charge in [0, 0.05) is 47.7 Å². The van der Waals surface area contributed by atoms with Crippen LogP contribution in [0.5, 0.6) is 0 Å². The Kier molecular flexibility index (Phi) is 4.53. The zero-order chi connectivity index (χ0) is 17.4. The summed E-state index contributed by atoms with van der Waals surface area (Å²) in [6.45, 7) is 3.06. The van der Waals surface area contributed by atoms with E-state index in [1.54, 1.807) is 12.1 Å². The smallest absolute Gasteiger partial charge is 0.123 e. The Balaban J connectivity index is 1.61. The number of aryl methyl sites for hydroxylation is 2. The minimum absolute atomic E-state index is 0.171. The quantitative estimate of drug-likeness (QED) is 0.634. The number of rotatable bonds is 4. The van der Waals surface area contributed by atoms with Gasteiger partial charge in [0.05, 0.1) is 0 Å². The van der Waals surface area contributed by atoms with Gasteiger partial charge in [-0.2, -0.15) is 0 Å². The first-order valence-electron chi connectivity index (χ1n) is 8.84. The highest BCUT2D eigenvalue weighted by Gasteiger charge is 2.22. The molecule has 0 aliphatic carbocycles. The summed E-state index contributed by atoms with van der Waals surface area (Å²) in [7, 11) is 2.17. The lowest BCUT2D eigenvalue weighted by molar-refractivity contribution is 0.309. The average molecular weight is 357 g/mol. The van der Waals surface area contributed by atoms with Gasteiger partial charge >= 0.3 is 0 Å². The third-order valence-electron chi connectivity index (χ3n) is 5.17. The van der Waals surface area contributed by atoms with E-state index in [1.807, 2.05) is 18.2 Å². The largest absolute Gasteiger partial charge is 0.344 e. The van der Waals surface area contributed by atoms with Gasteiger partial charge in [-0.15, -0.1) is 0 Å². The van der Waals surface area contributed by atoms with Crippen molar-refractivity contribution in [2.75, 3.05) is 13.6 Å². The number of benzene rings is 2. The van der Waals surface area contributed by atoms with Crippen LogP contribution < -0.4 is 0 Å². The van der Waals surface area contributed by atoms with Gasteiger partial charge in [-0.1, -0.05) is 23.7 Å². The Morgan fingerprint density at radius 1 is 1.12 bits per heavy atom. The van der Waals surface area contributed by atoms with E-state index < -0.39 is 0 Å². The Hall–Kier alpha value is -1.84. The molecule has 0 bridgehead atoms. The van der Waals surface area contributed by atoms with Crippen molar-refractivity contribution >= 4 is 22.5 Å². The normalized spacial score (nSPS) is 14.8. The molecule has 1 aliphatic rings. The molecule has 4 heteroatoms. The molecule has 2 nitrogen and oxygen atoms in total. The second kappa shape index (κ2) is 6.81. The van der Waals surface area contributed by atoms with Crippen LogP contribution in [0.2, 0.25) is 5.02 Å². The summed E-state index contributed by atoms with van der Waals surface area (Å²) in [6, 6.07) is 13.1. The highest BCUT2D eigenvalue weighted by atomic mass is 35.5. The molecule has 2 aromatic carbocycles. The minimum Gasteiger partial charge on any atom is -0.344 e. The average Bonchev–Trinajstić information content (AvgIpc) is 2.89. The molecule has 0 N–H and O–H groups in total. The van der Waals surface area contributed by atoms with Gasteiger partial charge in [-0.25, -0.2) is 4.39 Å². The summed E-state index contributed by atoms with van der Waals surface area (Å²) in [5, 5.41) is 2.09. The topological polar surface area (TPSA) is 8.17 Å². The maximum Gasteiger partial charge on any atom is 0.123 e. The summed E-state index contributed by atoms with van der Waals surface area (Å²) < 4.78 is 15.5. The van der Waals surface area contributed by atoms with E-state index in [0.717, 1.165) is 43.9 Å². The monoisotopic (exact) mass is 356 g/mol. The number of likely N-dealkylation sites (N-methyl/N-ethyl adjacent to an activating group) is 1. The number of hydrogen-bond acceptors (Lipinski definition) is 1. The molecule has 0 amide bonds. The number of hydrogen-bond donors (Lipinski definition) is 0. The van der Waals surface area contributed by atoms with Crippen LogP contribution in [0.3, 0.4) is 0 Å². The Morgan fingerprint density at radius 3 is 2.72 bits per heavy atom. The molecule has 1 aromatic heterocycles. The minimum atomic E-state index is -0.171. The summed E-state index contributed by atoms with van der Waals surface area (Å²) in [6.07, 6.45) is 3.08. The van der Waals surface area contributed by atoms with Crippen molar-refractivity contribution in [3.8, 4) is 0 Å². The third kappa shape index (κ3) is 3.31. The highest BCUT2D eigenvalue weighted by molar-refractivity contribution is 6.31. The van der Waals surface area contributed by atoms with E-state index in [-0.39, 0.29) is 5.82 Å². The maximum absolute atomic E-state index is 13.0. The molecule has 2 heterocycles. The van der Waals surface area contributed by atoms with E-state index in [1.165, 1.54) is 27.7 Å². The molecule has 0 atom stereocenters. The van der Waals surface area contributed by atoms with Crippen LogP contribution in [0, 0.1) is 5.82 Å². The van der Waals surface area contributed by atoms with E-state index in [0.29, 0.717) is 0 Å². The first kappa shape index (κ1) is 16.6. The van der Waals surface area contributed by atoms with Crippen molar-refractivity contribution < 1.29 is 4.39 Å². The zero-order valence-corrected chi connectivity index (χ0v) is 15.2. The lowest BCUT2D eigenvalue weighted by Gasteiger charge is -2.24. The van der Waals surface area contributed by atoms with Crippen molar-refractivity contribution in [1.82, 2.24) is 9.47 Å². The lowest BCUT2D eigenvalue weighted by Crippen LogP contribution is -2.27. The molecule has 25 heavy (non-hydrogen) atoms. The van der Waals surface area contributed by atoms with Gasteiger partial charge in [-0.3, -0.25) is 0 Å². The molecule has 0 spiro atoms. The van der Waals surface area contributed by atoms with Crippen LogP contribution >= 0.6 is 11.6 Å². The second-order valence-electron chi connectivity index (χ2n) is 6.96. The van der Waals surface area contributed by atoms with E-state index in [2.05, 4.69) is 28.6 Å². The lowest BCUT2D eigenvalue weighted by atomic mass is 10.1. The standard InChI is InChI=1S/C21H22ClFN2/c1-24-12-10-21-19(14-24)18-13-16(22)6-9-20(18)25(21)11-2-3-15-4-7-17(23)8-5-15/h4-9,13H,2-3,10-12,14H2,1H3. The highest BCUT2D eigenvalue weighted by Crippen LogP contribution is 2.32. The van der Waals surface area contributed by atoms with Crippen molar-refractivity contribution in [3.05, 3.63) is 70.1 Å². The third-order valence-corrected chi connectivity index (χ3v) is 5.40. The summed E-state index contributed by atoms with van der Waals surface area (Å²) in [4.78, 5) is 2.37. The fourth-order valence-electron chi connectivity index (χ4n) is 3.90. The molecule has 0 saturated carbocycles. The predicted molar refractivity (Wildman–Crippen MR) is 102 cm³/mol. The van der Waals surface area contributed by atoms with Gasteiger partial charge in [0.1, 0.15) is 5.82 Å². The Morgan fingerprint density at radius 2 is 1.92 bits per heavy atom. The molecule has 1 aliphatic heterocycles. The van der Waals surface area contributed by atoms with Gasteiger partial charge in [0.25, 0.3) is 0 Å². The zero-order valence-electron chi connectivity index (χ0n) is 14.4. The predicted octanol–water partition coefficient (Wildman–Crippen LogP) is 5.05. The number of nitrogens with zero attached hydrogens (tertiary/aromatic N) is 2. The first-order chi connectivity index (χ1) is 12.1. The molecule has 0 radical (unpaired) electrons. The number of fused-ring (bicyclic) bond motifs is 3. The van der Waals surface area contributed by atoms with Crippen molar-refractivity contribution in [2.45, 2.75) is 32.4 Å². The van der Waals surface area contributed by atoms with E-state index >= 15 is 0 Å². The van der Waals surface area contributed by atoms with Gasteiger partial charge in [0.2, 0.25) is 0 Å². The maximum atomic E-state index is 13.0. The van der Waals surface area contributed by atoms with Crippen LogP contribution in [0.1, 0.15) is 23.2 Å². The van der Waals surface area contributed by atoms with Crippen LogP contribution in [-0.2, 0) is 25.9 Å². The Labute approximate surface area is 152 Å². The fourth-order valence-corrected chi connectivity index (χ4v) is 4.08. The van der Waals surface area contributed by atoms with E-state index in [4.69, 9.17) is 11.6 Å². The molecule has 0 fully saturated rings. The van der Waals surface area contributed by atoms with E-state index in [9.17, 15) is 4.39 Å². The van der Waals surface area contributed by atoms with Gasteiger partial charge in [0.15, 0.2) is 0 Å². The van der Waals surface area contributed by atoms with Crippen molar-refractivity contribution in [3.63, 3.8) is 0 Å². The molecule has 130 valence electrons. The van der Waals surface area contributed by atoms with Crippen LogP contribution in [0.25, 0.3) is 10.9 Å². The summed E-state index contributed by atoms with van der Waals surface area (Å²) in [5.74, 6) is -0.171. The molecular formula is C21H22ClFN2. The SMILES string of the molecule is CN1CCc2c(c3cc(Cl)ccc3n2CCCc2ccc(F)cc2)C1. The number of halogens is 2. The second-order valence-corrected chi connectivity index (χ2v) is 7.39. The number of aromatic nitrogens is 1. The van der Waals surface area contributed by atoms with Crippen molar-refractivity contribution in [2.24, 2.45) is 0 Å². The van der Waals surface area contributed by atoms with Crippen LogP contribution in [0.15, 0.2) is 42.5 Å². The summed E-state index contributed by atoms with van der Waals surface area (Å²) >= 11 is 6.25. The molecule has 0 saturated heterocycles. The Bertz CT molecular complexity index is 898. The molecular weight excluding hydrogens is 335 g/mol. The molecule has 3 aromatic rings. The summed E-state index contributed by atoms with van der Waals surface area (Å²) in [5.41, 5.74) is 5.35. The van der Waals surface area contributed by atoms with Crippen LogP contribution in [0.4, 0.5) is 4.39 Å². The van der Waals surface area contributed by atoms with Crippen LogP contribution in [-0.4, -0.2) is 23.1 Å². The van der Waals surface area contributed by atoms with Crippen molar-refractivity contribution in [1.29, 1.82) is 0 Å². The first-order valence-corrected chi connectivity index (χ1v) is 9.22.